The Labute approximate surface area is 128 Å². The largest absolute Gasteiger partial charge is 0.340 e. The van der Waals surface area contributed by atoms with Gasteiger partial charge in [-0.3, -0.25) is 4.79 Å². The van der Waals surface area contributed by atoms with Crippen molar-refractivity contribution in [3.63, 3.8) is 0 Å². The van der Waals surface area contributed by atoms with E-state index in [4.69, 9.17) is 11.6 Å². The first-order valence-corrected chi connectivity index (χ1v) is 7.84. The van der Waals surface area contributed by atoms with Gasteiger partial charge in [-0.1, -0.05) is 37.1 Å². The van der Waals surface area contributed by atoms with Crippen LogP contribution in [0.4, 0.5) is 0 Å². The van der Waals surface area contributed by atoms with Crippen molar-refractivity contribution in [2.24, 2.45) is 0 Å². The summed E-state index contributed by atoms with van der Waals surface area (Å²) in [4.78, 5) is 18.3. The molecule has 0 saturated carbocycles. The summed E-state index contributed by atoms with van der Waals surface area (Å²) in [7, 11) is 1.82. The van der Waals surface area contributed by atoms with Crippen LogP contribution in [0, 0.1) is 0 Å². The van der Waals surface area contributed by atoms with Crippen LogP contribution in [-0.2, 0) is 0 Å². The minimum Gasteiger partial charge on any atom is -0.340 e. The zero-order valence-electron chi connectivity index (χ0n) is 11.6. The number of halogens is 1. The average Bonchev–Trinajstić information content (AvgIpc) is 2.94. The number of unbranched alkanes of at least 4 members (excludes halogenated alkanes) is 1. The fourth-order valence-electron chi connectivity index (χ4n) is 1.79. The van der Waals surface area contributed by atoms with Gasteiger partial charge < -0.3 is 4.90 Å². The molecule has 0 spiro atoms. The van der Waals surface area contributed by atoms with Crippen molar-refractivity contribution in [2.45, 2.75) is 19.8 Å². The molecule has 5 heteroatoms. The molecule has 1 aromatic carbocycles. The van der Waals surface area contributed by atoms with Crippen LogP contribution in [0.2, 0.25) is 5.02 Å². The van der Waals surface area contributed by atoms with Gasteiger partial charge in [0.1, 0.15) is 10.7 Å². The lowest BCUT2D eigenvalue weighted by Gasteiger charge is -2.14. The van der Waals surface area contributed by atoms with Crippen LogP contribution in [-0.4, -0.2) is 29.4 Å². The highest BCUT2D eigenvalue weighted by molar-refractivity contribution is 7.13. The maximum atomic E-state index is 12.2. The number of hydrogen-bond acceptors (Lipinski definition) is 3. The Balaban J connectivity index is 2.12. The Hall–Kier alpha value is -1.39. The highest BCUT2D eigenvalue weighted by Crippen LogP contribution is 2.25. The minimum absolute atomic E-state index is 0.0186. The SMILES string of the molecule is CCCCN(C)C(=O)c1csc(-c2ccc(Cl)cc2)n1. The number of carbonyl (C=O) groups is 1. The lowest BCUT2D eigenvalue weighted by Crippen LogP contribution is -2.27. The van der Waals surface area contributed by atoms with E-state index in [-0.39, 0.29) is 5.91 Å². The van der Waals surface area contributed by atoms with Crippen molar-refractivity contribution in [1.82, 2.24) is 9.88 Å². The highest BCUT2D eigenvalue weighted by atomic mass is 35.5. The molecule has 2 rings (SSSR count). The van der Waals surface area contributed by atoms with E-state index < -0.39 is 0 Å². The molecule has 1 amide bonds. The first-order valence-electron chi connectivity index (χ1n) is 6.58. The van der Waals surface area contributed by atoms with Gasteiger partial charge in [-0.15, -0.1) is 11.3 Å². The summed E-state index contributed by atoms with van der Waals surface area (Å²) in [5, 5.41) is 3.35. The molecule has 0 aliphatic rings. The van der Waals surface area contributed by atoms with Crippen molar-refractivity contribution >= 4 is 28.8 Å². The molecule has 3 nitrogen and oxygen atoms in total. The highest BCUT2D eigenvalue weighted by Gasteiger charge is 2.15. The second kappa shape index (κ2) is 6.86. The van der Waals surface area contributed by atoms with E-state index >= 15 is 0 Å². The van der Waals surface area contributed by atoms with Crippen LogP contribution in [0.5, 0.6) is 0 Å². The molecule has 0 saturated heterocycles. The molecule has 2 aromatic rings. The summed E-state index contributed by atoms with van der Waals surface area (Å²) in [6.07, 6.45) is 2.08. The number of aromatic nitrogens is 1. The second-order valence-electron chi connectivity index (χ2n) is 4.63. The van der Waals surface area contributed by atoms with Gasteiger partial charge in [-0.25, -0.2) is 4.98 Å². The molecular weight excluding hydrogens is 292 g/mol. The lowest BCUT2D eigenvalue weighted by atomic mass is 10.2. The van der Waals surface area contributed by atoms with Crippen molar-refractivity contribution < 1.29 is 4.79 Å². The van der Waals surface area contributed by atoms with Gasteiger partial charge in [0.05, 0.1) is 0 Å². The van der Waals surface area contributed by atoms with Crippen LogP contribution in [0.3, 0.4) is 0 Å². The van der Waals surface area contributed by atoms with Crippen LogP contribution in [0.15, 0.2) is 29.6 Å². The molecule has 0 bridgehead atoms. The first kappa shape index (κ1) is 15.0. The summed E-state index contributed by atoms with van der Waals surface area (Å²) in [5.74, 6) is -0.0186. The third-order valence-corrected chi connectivity index (χ3v) is 4.15. The van der Waals surface area contributed by atoms with Crippen LogP contribution in [0.25, 0.3) is 10.6 Å². The van der Waals surface area contributed by atoms with E-state index in [0.717, 1.165) is 30.0 Å². The topological polar surface area (TPSA) is 33.2 Å². The minimum atomic E-state index is -0.0186. The molecule has 0 unspecified atom stereocenters. The van der Waals surface area contributed by atoms with Crippen LogP contribution >= 0.6 is 22.9 Å². The molecule has 1 heterocycles. The third-order valence-electron chi connectivity index (χ3n) is 3.01. The molecule has 106 valence electrons. The number of amides is 1. The van der Waals surface area contributed by atoms with Crippen LogP contribution < -0.4 is 0 Å². The molecule has 0 radical (unpaired) electrons. The first-order chi connectivity index (χ1) is 9.61. The van der Waals surface area contributed by atoms with Crippen molar-refractivity contribution in [3.8, 4) is 10.6 Å². The third kappa shape index (κ3) is 3.58. The molecule has 1 aromatic heterocycles. The van der Waals surface area contributed by atoms with Gasteiger partial charge in [0.2, 0.25) is 0 Å². The smallest absolute Gasteiger partial charge is 0.273 e. The Morgan fingerprint density at radius 1 is 1.35 bits per heavy atom. The predicted octanol–water partition coefficient (Wildman–Crippen LogP) is 4.34. The fourth-order valence-corrected chi connectivity index (χ4v) is 2.72. The predicted molar refractivity (Wildman–Crippen MR) is 84.4 cm³/mol. The maximum absolute atomic E-state index is 12.2. The van der Waals surface area contributed by atoms with Gasteiger partial charge >= 0.3 is 0 Å². The van der Waals surface area contributed by atoms with Gasteiger partial charge in [-0.05, 0) is 18.6 Å². The fraction of sp³-hybridized carbons (Fsp3) is 0.333. The quantitative estimate of drug-likeness (QED) is 0.823. The summed E-state index contributed by atoms with van der Waals surface area (Å²) in [5.41, 5.74) is 1.49. The number of thiazole rings is 1. The summed E-state index contributed by atoms with van der Waals surface area (Å²) in [6, 6.07) is 7.48. The van der Waals surface area contributed by atoms with Crippen molar-refractivity contribution in [1.29, 1.82) is 0 Å². The maximum Gasteiger partial charge on any atom is 0.273 e. The number of nitrogens with zero attached hydrogens (tertiary/aromatic N) is 2. The average molecular weight is 309 g/mol. The van der Waals surface area contributed by atoms with E-state index in [0.29, 0.717) is 10.7 Å². The number of hydrogen-bond donors (Lipinski definition) is 0. The van der Waals surface area contributed by atoms with E-state index in [9.17, 15) is 4.79 Å². The number of benzene rings is 1. The van der Waals surface area contributed by atoms with Crippen molar-refractivity contribution in [2.75, 3.05) is 13.6 Å². The summed E-state index contributed by atoms with van der Waals surface area (Å²) < 4.78 is 0. The van der Waals surface area contributed by atoms with E-state index in [2.05, 4.69) is 11.9 Å². The summed E-state index contributed by atoms with van der Waals surface area (Å²) in [6.45, 7) is 2.88. The Morgan fingerprint density at radius 3 is 2.70 bits per heavy atom. The molecule has 20 heavy (non-hydrogen) atoms. The Kier molecular flexibility index (Phi) is 5.15. The molecule has 0 fully saturated rings. The van der Waals surface area contributed by atoms with E-state index in [1.165, 1.54) is 11.3 Å². The molecule has 0 N–H and O–H groups in total. The number of carbonyl (C=O) groups excluding carboxylic acids is 1. The van der Waals surface area contributed by atoms with Gasteiger partial charge in [0, 0.05) is 29.6 Å². The van der Waals surface area contributed by atoms with E-state index in [1.54, 1.807) is 4.90 Å². The Morgan fingerprint density at radius 2 is 2.05 bits per heavy atom. The Bertz CT molecular complexity index is 580. The van der Waals surface area contributed by atoms with E-state index in [1.807, 2.05) is 36.7 Å². The van der Waals surface area contributed by atoms with Gasteiger partial charge in [-0.2, -0.15) is 0 Å². The van der Waals surface area contributed by atoms with Crippen molar-refractivity contribution in [3.05, 3.63) is 40.4 Å². The summed E-state index contributed by atoms with van der Waals surface area (Å²) >= 11 is 7.34. The van der Waals surface area contributed by atoms with Gasteiger partial charge in [0.15, 0.2) is 0 Å². The molecule has 0 aliphatic heterocycles. The van der Waals surface area contributed by atoms with Gasteiger partial charge in [0.25, 0.3) is 5.91 Å². The molecular formula is C15H17ClN2OS. The standard InChI is InChI=1S/C15H17ClN2OS/c1-3-4-9-18(2)15(19)13-10-20-14(17-13)11-5-7-12(16)8-6-11/h5-8,10H,3-4,9H2,1-2H3. The zero-order chi connectivity index (χ0) is 14.5. The molecule has 0 atom stereocenters. The lowest BCUT2D eigenvalue weighted by molar-refractivity contribution is 0.0788. The normalized spacial score (nSPS) is 10.6. The van der Waals surface area contributed by atoms with Crippen LogP contribution in [0.1, 0.15) is 30.3 Å². The monoisotopic (exact) mass is 308 g/mol. The molecule has 0 aliphatic carbocycles. The second-order valence-corrected chi connectivity index (χ2v) is 5.92. The zero-order valence-corrected chi connectivity index (χ0v) is 13.2. The number of rotatable bonds is 5.